The first-order valence-corrected chi connectivity index (χ1v) is 8.05. The molecule has 0 aromatic heterocycles. The highest BCUT2D eigenvalue weighted by molar-refractivity contribution is 5.91. The Morgan fingerprint density at radius 1 is 1.08 bits per heavy atom. The van der Waals surface area contributed by atoms with Gasteiger partial charge in [-0.15, -0.1) is 24.8 Å². The second kappa shape index (κ2) is 12.4. The highest BCUT2D eigenvalue weighted by Gasteiger charge is 2.05. The highest BCUT2D eigenvalue weighted by atomic mass is 35.5. The van der Waals surface area contributed by atoms with Crippen LogP contribution in [0.25, 0.3) is 0 Å². The second-order valence-corrected chi connectivity index (χ2v) is 5.92. The highest BCUT2D eigenvalue weighted by Crippen LogP contribution is 2.17. The number of carbonyl (C=O) groups excluding carboxylic acids is 1. The molecule has 2 rings (SSSR count). The van der Waals surface area contributed by atoms with Gasteiger partial charge >= 0.3 is 0 Å². The van der Waals surface area contributed by atoms with Crippen molar-refractivity contribution in [3.05, 3.63) is 54.1 Å². The number of benzene rings is 2. The number of nitrogens with one attached hydrogen (secondary N) is 1. The fourth-order valence-electron chi connectivity index (χ4n) is 2.21. The molecule has 0 saturated heterocycles. The number of nitrogens with two attached hydrogens (primary N) is 1. The summed E-state index contributed by atoms with van der Waals surface area (Å²) in [6.45, 7) is 1.50. The van der Waals surface area contributed by atoms with Crippen molar-refractivity contribution in [2.45, 2.75) is 12.8 Å². The number of amides is 1. The lowest BCUT2D eigenvalue weighted by atomic mass is 10.1. The number of para-hydroxylation sites is 1. The molecule has 0 saturated carbocycles. The molecular formula is C19H27Cl2N3O2. The van der Waals surface area contributed by atoms with Crippen molar-refractivity contribution in [2.24, 2.45) is 0 Å². The Balaban J connectivity index is 0.00000312. The lowest BCUT2D eigenvalue weighted by Gasteiger charge is -2.11. The van der Waals surface area contributed by atoms with Gasteiger partial charge < -0.3 is 20.7 Å². The minimum Gasteiger partial charge on any atom is -0.492 e. The SMILES string of the molecule is CN(C)CCOc1ccc(NC(=O)CCc2ccccc2N)cc1.Cl.Cl. The second-order valence-electron chi connectivity index (χ2n) is 5.92. The van der Waals surface area contributed by atoms with Gasteiger partial charge in [-0.25, -0.2) is 0 Å². The molecule has 1 amide bonds. The number of hydrogen-bond acceptors (Lipinski definition) is 4. The third-order valence-electron chi connectivity index (χ3n) is 3.62. The molecule has 2 aromatic rings. The van der Waals surface area contributed by atoms with E-state index in [1.165, 1.54) is 0 Å². The molecule has 3 N–H and O–H groups in total. The summed E-state index contributed by atoms with van der Waals surface area (Å²) in [4.78, 5) is 14.1. The number of carbonyl (C=O) groups is 1. The van der Waals surface area contributed by atoms with Gasteiger partial charge in [0, 0.05) is 24.3 Å². The topological polar surface area (TPSA) is 67.6 Å². The van der Waals surface area contributed by atoms with Crippen LogP contribution >= 0.6 is 24.8 Å². The van der Waals surface area contributed by atoms with Crippen LogP contribution in [0.15, 0.2) is 48.5 Å². The van der Waals surface area contributed by atoms with Gasteiger partial charge in [0.25, 0.3) is 0 Å². The number of likely N-dealkylation sites (N-methyl/N-ethyl adjacent to an activating group) is 1. The van der Waals surface area contributed by atoms with E-state index in [9.17, 15) is 4.79 Å². The van der Waals surface area contributed by atoms with E-state index < -0.39 is 0 Å². The summed E-state index contributed by atoms with van der Waals surface area (Å²) < 4.78 is 5.63. The van der Waals surface area contributed by atoms with Gasteiger partial charge in [0.05, 0.1) is 0 Å². The molecule has 0 unspecified atom stereocenters. The van der Waals surface area contributed by atoms with E-state index in [0.29, 0.717) is 19.4 Å². The van der Waals surface area contributed by atoms with Crippen molar-refractivity contribution in [1.82, 2.24) is 4.90 Å². The molecule has 26 heavy (non-hydrogen) atoms. The van der Waals surface area contributed by atoms with Crippen LogP contribution in [-0.4, -0.2) is 38.1 Å². The zero-order valence-corrected chi connectivity index (χ0v) is 16.7. The molecule has 0 aliphatic heterocycles. The van der Waals surface area contributed by atoms with Crippen molar-refractivity contribution in [2.75, 3.05) is 38.3 Å². The normalized spacial score (nSPS) is 9.81. The van der Waals surface area contributed by atoms with E-state index in [0.717, 1.165) is 29.2 Å². The first-order chi connectivity index (χ1) is 11.5. The molecule has 0 bridgehead atoms. The van der Waals surface area contributed by atoms with Crippen LogP contribution < -0.4 is 15.8 Å². The van der Waals surface area contributed by atoms with Gasteiger partial charge in [0.1, 0.15) is 12.4 Å². The molecule has 5 nitrogen and oxygen atoms in total. The van der Waals surface area contributed by atoms with E-state index in [1.807, 2.05) is 62.6 Å². The Hall–Kier alpha value is -1.95. The number of hydrogen-bond donors (Lipinski definition) is 2. The smallest absolute Gasteiger partial charge is 0.224 e. The summed E-state index contributed by atoms with van der Waals surface area (Å²) in [5.41, 5.74) is 8.37. The monoisotopic (exact) mass is 399 g/mol. The molecule has 7 heteroatoms. The molecule has 0 fully saturated rings. The fourth-order valence-corrected chi connectivity index (χ4v) is 2.21. The minimum atomic E-state index is -0.0282. The van der Waals surface area contributed by atoms with Gasteiger partial charge in [-0.2, -0.15) is 0 Å². The van der Waals surface area contributed by atoms with E-state index in [2.05, 4.69) is 10.2 Å². The van der Waals surface area contributed by atoms with Crippen LogP contribution in [-0.2, 0) is 11.2 Å². The van der Waals surface area contributed by atoms with Gasteiger partial charge in [-0.1, -0.05) is 18.2 Å². The maximum Gasteiger partial charge on any atom is 0.224 e. The van der Waals surface area contributed by atoms with Crippen molar-refractivity contribution in [3.63, 3.8) is 0 Å². The fraction of sp³-hybridized carbons (Fsp3) is 0.316. The molecule has 144 valence electrons. The number of halogens is 2. The Labute approximate surface area is 167 Å². The Morgan fingerprint density at radius 3 is 2.35 bits per heavy atom. The van der Waals surface area contributed by atoms with Crippen LogP contribution in [0.4, 0.5) is 11.4 Å². The molecule has 0 aliphatic carbocycles. The van der Waals surface area contributed by atoms with Gasteiger partial charge in [-0.3, -0.25) is 4.79 Å². The average molecular weight is 400 g/mol. The van der Waals surface area contributed by atoms with Crippen molar-refractivity contribution in [1.29, 1.82) is 0 Å². The number of nitrogens with zero attached hydrogens (tertiary/aromatic N) is 1. The van der Waals surface area contributed by atoms with Crippen molar-refractivity contribution in [3.8, 4) is 5.75 Å². The molecule has 2 aromatic carbocycles. The number of anilines is 2. The summed E-state index contributed by atoms with van der Waals surface area (Å²) in [5, 5.41) is 2.89. The Kier molecular flexibility index (Phi) is 11.5. The number of nitrogen functional groups attached to an aromatic ring is 1. The zero-order chi connectivity index (χ0) is 17.4. The van der Waals surface area contributed by atoms with Gasteiger partial charge in [0.2, 0.25) is 5.91 Å². The van der Waals surface area contributed by atoms with E-state index in [-0.39, 0.29) is 30.7 Å². The van der Waals surface area contributed by atoms with Crippen LogP contribution in [0.2, 0.25) is 0 Å². The van der Waals surface area contributed by atoms with Crippen LogP contribution in [0.1, 0.15) is 12.0 Å². The predicted molar refractivity (Wildman–Crippen MR) is 113 cm³/mol. The quantitative estimate of drug-likeness (QED) is 0.665. The molecule has 0 radical (unpaired) electrons. The summed E-state index contributed by atoms with van der Waals surface area (Å²) >= 11 is 0. The number of aryl methyl sites for hydroxylation is 1. The maximum absolute atomic E-state index is 12.0. The lowest BCUT2D eigenvalue weighted by Crippen LogP contribution is -2.19. The molecule has 0 heterocycles. The third kappa shape index (κ3) is 8.43. The molecule has 0 spiro atoms. The van der Waals surface area contributed by atoms with Crippen LogP contribution in [0.5, 0.6) is 5.75 Å². The Morgan fingerprint density at radius 2 is 1.73 bits per heavy atom. The minimum absolute atomic E-state index is 0. The number of rotatable bonds is 8. The van der Waals surface area contributed by atoms with Crippen molar-refractivity contribution >= 4 is 42.1 Å². The molecule has 0 aliphatic rings. The standard InChI is InChI=1S/C19H25N3O2.2ClH/c1-22(2)13-14-24-17-10-8-16(9-11-17)21-19(23)12-7-15-5-3-4-6-18(15)20;;/h3-6,8-11H,7,12-14,20H2,1-2H3,(H,21,23);2*1H. The average Bonchev–Trinajstić information content (AvgIpc) is 2.55. The largest absolute Gasteiger partial charge is 0.492 e. The van der Waals surface area contributed by atoms with Crippen molar-refractivity contribution < 1.29 is 9.53 Å². The summed E-state index contributed by atoms with van der Waals surface area (Å²) in [6.07, 6.45) is 1.03. The summed E-state index contributed by atoms with van der Waals surface area (Å²) in [7, 11) is 4.01. The van der Waals surface area contributed by atoms with E-state index in [4.69, 9.17) is 10.5 Å². The van der Waals surface area contributed by atoms with E-state index in [1.54, 1.807) is 0 Å². The van der Waals surface area contributed by atoms with Gasteiger partial charge in [0.15, 0.2) is 0 Å². The van der Waals surface area contributed by atoms with E-state index >= 15 is 0 Å². The lowest BCUT2D eigenvalue weighted by molar-refractivity contribution is -0.116. The number of ether oxygens (including phenoxy) is 1. The summed E-state index contributed by atoms with van der Waals surface area (Å²) in [5.74, 6) is 0.770. The summed E-state index contributed by atoms with van der Waals surface area (Å²) in [6, 6.07) is 15.0. The first-order valence-electron chi connectivity index (χ1n) is 8.05. The third-order valence-corrected chi connectivity index (χ3v) is 3.62. The van der Waals surface area contributed by atoms with Crippen LogP contribution in [0, 0.1) is 0 Å². The maximum atomic E-state index is 12.0. The molecular weight excluding hydrogens is 373 g/mol. The van der Waals surface area contributed by atoms with Gasteiger partial charge in [-0.05, 0) is 56.4 Å². The zero-order valence-electron chi connectivity index (χ0n) is 15.1. The van der Waals surface area contributed by atoms with Crippen LogP contribution in [0.3, 0.4) is 0 Å². The Bertz CT molecular complexity index is 664. The predicted octanol–water partition coefficient (Wildman–Crippen LogP) is 3.62. The first kappa shape index (κ1) is 24.1. The molecule has 0 atom stereocenters.